The molecule has 2 heterocycles. The Balaban J connectivity index is 0.000000639. The minimum absolute atomic E-state index is 0. The number of nitrogens with two attached hydrogens (primary N) is 1. The lowest BCUT2D eigenvalue weighted by atomic mass is 10.1. The van der Waals surface area contributed by atoms with Crippen LogP contribution in [-0.2, 0) is 7.05 Å². The Hall–Kier alpha value is -2.40. The van der Waals surface area contributed by atoms with Crippen LogP contribution in [0.1, 0.15) is 7.43 Å². The Bertz CT molecular complexity index is 615. The van der Waals surface area contributed by atoms with Crippen molar-refractivity contribution in [3.63, 3.8) is 0 Å². The summed E-state index contributed by atoms with van der Waals surface area (Å²) in [5.74, 6) is 0.594. The van der Waals surface area contributed by atoms with Crippen LogP contribution >= 0.6 is 0 Å². The van der Waals surface area contributed by atoms with Gasteiger partial charge in [-0.1, -0.05) is 37.8 Å². The maximum absolute atomic E-state index is 5.33. The molecule has 0 spiro atoms. The van der Waals surface area contributed by atoms with Gasteiger partial charge in [0.05, 0.1) is 11.8 Å². The van der Waals surface area contributed by atoms with Crippen molar-refractivity contribution in [2.45, 2.75) is 7.43 Å². The molecule has 0 saturated carbocycles. The third-order valence-electron chi connectivity index (χ3n) is 2.54. The predicted molar refractivity (Wildman–Crippen MR) is 81.0 cm³/mol. The highest BCUT2D eigenvalue weighted by Crippen LogP contribution is 2.29. The molecule has 106 valence electrons. The molecular weight excluding hydrogens is 252 g/mol. The van der Waals surface area contributed by atoms with Crippen molar-refractivity contribution in [2.24, 2.45) is 12.8 Å². The fourth-order valence-corrected chi connectivity index (χ4v) is 1.81. The molecule has 0 amide bonds. The molecule has 0 unspecified atom stereocenters. The van der Waals surface area contributed by atoms with Crippen LogP contribution in [0.5, 0.6) is 0 Å². The van der Waals surface area contributed by atoms with Gasteiger partial charge in [0.25, 0.3) is 0 Å². The van der Waals surface area contributed by atoms with Gasteiger partial charge in [-0.3, -0.25) is 4.68 Å². The molecule has 0 bridgehead atoms. The molecule has 5 nitrogen and oxygen atoms in total. The van der Waals surface area contributed by atoms with Crippen LogP contribution < -0.4 is 5.73 Å². The normalized spacial score (nSPS) is 9.35. The summed E-state index contributed by atoms with van der Waals surface area (Å²) in [7, 11) is 3.39. The van der Waals surface area contributed by atoms with Gasteiger partial charge in [-0.25, -0.2) is 4.98 Å². The summed E-state index contributed by atoms with van der Waals surface area (Å²) in [4.78, 5) is 4.17. The van der Waals surface area contributed by atoms with Gasteiger partial charge in [-0.05, 0) is 7.05 Å². The van der Waals surface area contributed by atoms with E-state index in [9.17, 15) is 0 Å². The summed E-state index contributed by atoms with van der Waals surface area (Å²) < 4.78 is 7.10. The average molecular weight is 272 g/mol. The smallest absolute Gasteiger partial charge is 0.229 e. The summed E-state index contributed by atoms with van der Waals surface area (Å²) in [5.41, 5.74) is 7.35. The Morgan fingerprint density at radius 2 is 1.85 bits per heavy atom. The first-order valence-corrected chi connectivity index (χ1v) is 5.91. The molecule has 0 saturated heterocycles. The van der Waals surface area contributed by atoms with Crippen LogP contribution in [-0.4, -0.2) is 21.8 Å². The largest absolute Gasteiger partial charge is 0.444 e. The van der Waals surface area contributed by atoms with E-state index in [-0.39, 0.29) is 7.43 Å². The van der Waals surface area contributed by atoms with Crippen LogP contribution in [0.2, 0.25) is 0 Å². The van der Waals surface area contributed by atoms with E-state index in [0.29, 0.717) is 5.89 Å². The predicted octanol–water partition coefficient (Wildman–Crippen LogP) is 2.95. The van der Waals surface area contributed by atoms with E-state index < -0.39 is 0 Å². The summed E-state index contributed by atoms with van der Waals surface area (Å²) >= 11 is 0. The molecule has 2 aromatic heterocycles. The van der Waals surface area contributed by atoms with E-state index in [0.717, 1.165) is 16.8 Å². The third-order valence-corrected chi connectivity index (χ3v) is 2.54. The first-order chi connectivity index (χ1) is 9.34. The minimum Gasteiger partial charge on any atom is -0.444 e. The number of oxazole rings is 1. The number of hydrogen-bond donors (Lipinski definition) is 1. The molecule has 0 fully saturated rings. The SMILES string of the molecule is C.CN.Cn1cc(-c2ncco2)c(-c2ccccc2)n1. The van der Waals surface area contributed by atoms with E-state index in [1.165, 1.54) is 7.05 Å². The van der Waals surface area contributed by atoms with Crippen molar-refractivity contribution < 1.29 is 4.42 Å². The topological polar surface area (TPSA) is 69.9 Å². The first-order valence-electron chi connectivity index (χ1n) is 5.91. The highest BCUT2D eigenvalue weighted by molar-refractivity contribution is 5.76. The van der Waals surface area contributed by atoms with Crippen LogP contribution in [0, 0.1) is 0 Å². The Labute approximate surface area is 119 Å². The molecule has 1 aromatic carbocycles. The molecule has 3 aromatic rings. The van der Waals surface area contributed by atoms with Gasteiger partial charge >= 0.3 is 0 Å². The van der Waals surface area contributed by atoms with Crippen molar-refractivity contribution in [2.75, 3.05) is 7.05 Å². The van der Waals surface area contributed by atoms with Crippen LogP contribution in [0.25, 0.3) is 22.7 Å². The quantitative estimate of drug-likeness (QED) is 0.778. The second kappa shape index (κ2) is 7.25. The van der Waals surface area contributed by atoms with Gasteiger partial charge in [0, 0.05) is 18.8 Å². The van der Waals surface area contributed by atoms with E-state index >= 15 is 0 Å². The molecule has 0 atom stereocenters. The van der Waals surface area contributed by atoms with E-state index in [4.69, 9.17) is 4.42 Å². The Morgan fingerprint density at radius 1 is 1.15 bits per heavy atom. The molecule has 3 rings (SSSR count). The fourth-order valence-electron chi connectivity index (χ4n) is 1.81. The van der Waals surface area contributed by atoms with Crippen molar-refractivity contribution in [3.05, 3.63) is 49.0 Å². The molecule has 2 N–H and O–H groups in total. The van der Waals surface area contributed by atoms with Gasteiger partial charge in [0.15, 0.2) is 0 Å². The maximum atomic E-state index is 5.33. The average Bonchev–Trinajstić information content (AvgIpc) is 3.11. The van der Waals surface area contributed by atoms with Gasteiger partial charge in [-0.2, -0.15) is 5.10 Å². The maximum Gasteiger partial charge on any atom is 0.229 e. The standard InChI is InChI=1S/C13H11N3O.CH5N.CH4/c1-16-9-11(13-14-7-8-17-13)12(15-16)10-5-3-2-4-6-10;1-2;/h2-9H,1H3;2H2,1H3;1H4. The van der Waals surface area contributed by atoms with Crippen LogP contribution in [0.15, 0.2) is 53.4 Å². The Kier molecular flexibility index (Phi) is 5.68. The second-order valence-corrected chi connectivity index (χ2v) is 3.77. The summed E-state index contributed by atoms with van der Waals surface area (Å²) in [5, 5.41) is 4.45. The molecule has 0 aliphatic rings. The lowest BCUT2D eigenvalue weighted by Crippen LogP contribution is -1.87. The van der Waals surface area contributed by atoms with Crippen LogP contribution in [0.3, 0.4) is 0 Å². The molecule has 0 aliphatic carbocycles. The summed E-state index contributed by atoms with van der Waals surface area (Å²) in [6.07, 6.45) is 5.11. The lowest BCUT2D eigenvalue weighted by molar-refractivity contribution is 0.574. The van der Waals surface area contributed by atoms with Gasteiger partial charge in [-0.15, -0.1) is 0 Å². The molecule has 0 aliphatic heterocycles. The van der Waals surface area contributed by atoms with Crippen molar-refractivity contribution in [1.29, 1.82) is 0 Å². The third kappa shape index (κ3) is 3.13. The fraction of sp³-hybridized carbons (Fsp3) is 0.200. The first kappa shape index (κ1) is 15.7. The number of aryl methyl sites for hydroxylation is 1. The lowest BCUT2D eigenvalue weighted by Gasteiger charge is -1.98. The van der Waals surface area contributed by atoms with Crippen molar-refractivity contribution in [1.82, 2.24) is 14.8 Å². The molecule has 0 radical (unpaired) electrons. The number of rotatable bonds is 2. The number of hydrogen-bond acceptors (Lipinski definition) is 4. The van der Waals surface area contributed by atoms with Crippen molar-refractivity contribution >= 4 is 0 Å². The molecule has 20 heavy (non-hydrogen) atoms. The zero-order valence-electron chi connectivity index (χ0n) is 10.9. The second-order valence-electron chi connectivity index (χ2n) is 3.77. The van der Waals surface area contributed by atoms with Crippen molar-refractivity contribution in [3.8, 4) is 22.7 Å². The monoisotopic (exact) mass is 272 g/mol. The summed E-state index contributed by atoms with van der Waals surface area (Å²) in [6, 6.07) is 10.0. The number of nitrogens with zero attached hydrogens (tertiary/aromatic N) is 3. The Morgan fingerprint density at radius 3 is 2.45 bits per heavy atom. The molecular formula is C15H20N4O. The zero-order chi connectivity index (χ0) is 13.7. The van der Waals surface area contributed by atoms with Gasteiger partial charge in [0.2, 0.25) is 5.89 Å². The minimum atomic E-state index is 0. The summed E-state index contributed by atoms with van der Waals surface area (Å²) in [6.45, 7) is 0. The van der Waals surface area contributed by atoms with E-state index in [2.05, 4.69) is 15.8 Å². The van der Waals surface area contributed by atoms with E-state index in [1.807, 2.05) is 43.6 Å². The van der Waals surface area contributed by atoms with Gasteiger partial charge in [0.1, 0.15) is 12.0 Å². The van der Waals surface area contributed by atoms with Crippen LogP contribution in [0.4, 0.5) is 0 Å². The zero-order valence-corrected chi connectivity index (χ0v) is 10.9. The molecule has 5 heteroatoms. The highest BCUT2D eigenvalue weighted by atomic mass is 16.3. The number of benzene rings is 1. The van der Waals surface area contributed by atoms with E-state index in [1.54, 1.807) is 17.1 Å². The van der Waals surface area contributed by atoms with Gasteiger partial charge < -0.3 is 10.2 Å². The number of aromatic nitrogens is 3. The highest BCUT2D eigenvalue weighted by Gasteiger charge is 2.14.